The Morgan fingerprint density at radius 1 is 1.27 bits per heavy atom. The molecule has 0 spiro atoms. The number of carbonyl (C=O) groups is 1. The third-order valence-corrected chi connectivity index (χ3v) is 5.99. The highest BCUT2D eigenvalue weighted by Gasteiger charge is 2.34. The topological polar surface area (TPSA) is 92.5 Å². The average molecular weight is 325 g/mol. The average Bonchev–Trinajstić information content (AvgIpc) is 2.97. The maximum absolute atomic E-state index is 12.4. The van der Waals surface area contributed by atoms with Gasteiger partial charge in [0.1, 0.15) is 0 Å². The zero-order chi connectivity index (χ0) is 16.2. The Morgan fingerprint density at radius 3 is 2.41 bits per heavy atom. The highest BCUT2D eigenvalue weighted by Crippen LogP contribution is 2.28. The van der Waals surface area contributed by atoms with E-state index in [0.29, 0.717) is 6.54 Å². The molecule has 1 aliphatic rings. The molecule has 1 fully saturated rings. The minimum Gasteiger partial charge on any atom is -0.348 e. The van der Waals surface area contributed by atoms with E-state index in [0.717, 1.165) is 30.0 Å². The summed E-state index contributed by atoms with van der Waals surface area (Å²) in [6, 6.07) is 8.09. The molecule has 0 unspecified atom stereocenters. The van der Waals surface area contributed by atoms with Crippen molar-refractivity contribution >= 4 is 15.9 Å². The Balaban J connectivity index is 2.02. The van der Waals surface area contributed by atoms with Crippen LogP contribution in [0.1, 0.15) is 25.7 Å². The molecular weight excluding hydrogens is 302 g/mol. The molecule has 2 rings (SSSR count). The van der Waals surface area contributed by atoms with Crippen LogP contribution in [0.25, 0.3) is 0 Å². The minimum atomic E-state index is -3.65. The molecule has 0 atom stereocenters. The summed E-state index contributed by atoms with van der Waals surface area (Å²) >= 11 is 0. The summed E-state index contributed by atoms with van der Waals surface area (Å²) in [7, 11) is -2.24. The number of carbonyl (C=O) groups excluding carboxylic acids is 1. The molecule has 0 bridgehead atoms. The van der Waals surface area contributed by atoms with Gasteiger partial charge in [-0.3, -0.25) is 4.79 Å². The van der Waals surface area contributed by atoms with E-state index in [1.54, 1.807) is 18.2 Å². The van der Waals surface area contributed by atoms with E-state index >= 15 is 0 Å². The summed E-state index contributed by atoms with van der Waals surface area (Å²) in [5, 5.41) is 2.93. The SMILES string of the molecule is CN(CC(=O)NC1(CN)CCCC1)S(=O)(=O)c1ccccc1. The fourth-order valence-electron chi connectivity index (χ4n) is 2.83. The number of hydrogen-bond acceptors (Lipinski definition) is 4. The lowest BCUT2D eigenvalue weighted by Crippen LogP contribution is -2.54. The third-order valence-electron chi connectivity index (χ3n) is 4.17. The molecule has 1 amide bonds. The van der Waals surface area contributed by atoms with Gasteiger partial charge in [-0.05, 0) is 25.0 Å². The number of nitrogens with two attached hydrogens (primary N) is 1. The maximum atomic E-state index is 12.4. The molecule has 0 radical (unpaired) electrons. The van der Waals surface area contributed by atoms with Crippen LogP contribution in [0.2, 0.25) is 0 Å². The summed E-state index contributed by atoms with van der Waals surface area (Å²) in [6.45, 7) is 0.173. The Labute approximate surface area is 131 Å². The molecule has 22 heavy (non-hydrogen) atoms. The lowest BCUT2D eigenvalue weighted by Gasteiger charge is -2.29. The van der Waals surface area contributed by atoms with Gasteiger partial charge >= 0.3 is 0 Å². The Bertz CT molecular complexity index is 610. The van der Waals surface area contributed by atoms with Crippen LogP contribution in [0.4, 0.5) is 0 Å². The Morgan fingerprint density at radius 2 is 1.86 bits per heavy atom. The summed E-state index contributed by atoms with van der Waals surface area (Å²) < 4.78 is 25.8. The van der Waals surface area contributed by atoms with E-state index in [9.17, 15) is 13.2 Å². The Kier molecular flexibility index (Phi) is 5.20. The first-order chi connectivity index (χ1) is 10.4. The fourth-order valence-corrected chi connectivity index (χ4v) is 3.98. The summed E-state index contributed by atoms with van der Waals surface area (Å²) in [5.41, 5.74) is 5.41. The molecule has 1 aromatic carbocycles. The van der Waals surface area contributed by atoms with Gasteiger partial charge in [0, 0.05) is 13.6 Å². The molecule has 122 valence electrons. The molecule has 0 aliphatic heterocycles. The number of nitrogens with zero attached hydrogens (tertiary/aromatic N) is 1. The van der Waals surface area contributed by atoms with Crippen LogP contribution >= 0.6 is 0 Å². The van der Waals surface area contributed by atoms with Crippen LogP contribution in [0.5, 0.6) is 0 Å². The van der Waals surface area contributed by atoms with Crippen LogP contribution in [0, 0.1) is 0 Å². The first-order valence-electron chi connectivity index (χ1n) is 7.42. The summed E-state index contributed by atoms with van der Waals surface area (Å²) in [4.78, 5) is 12.4. The smallest absolute Gasteiger partial charge is 0.243 e. The highest BCUT2D eigenvalue weighted by atomic mass is 32.2. The van der Waals surface area contributed by atoms with Crippen molar-refractivity contribution in [2.24, 2.45) is 5.73 Å². The number of likely N-dealkylation sites (N-methyl/N-ethyl adjacent to an activating group) is 1. The molecule has 1 saturated carbocycles. The van der Waals surface area contributed by atoms with Crippen molar-refractivity contribution in [1.82, 2.24) is 9.62 Å². The number of rotatable bonds is 6. The van der Waals surface area contributed by atoms with Gasteiger partial charge in [-0.15, -0.1) is 0 Å². The minimum absolute atomic E-state index is 0.180. The number of amides is 1. The highest BCUT2D eigenvalue weighted by molar-refractivity contribution is 7.89. The lowest BCUT2D eigenvalue weighted by molar-refractivity contribution is -0.122. The lowest BCUT2D eigenvalue weighted by atomic mass is 9.98. The maximum Gasteiger partial charge on any atom is 0.243 e. The number of hydrogen-bond donors (Lipinski definition) is 2. The first kappa shape index (κ1) is 16.9. The molecule has 0 aromatic heterocycles. The number of benzene rings is 1. The number of nitrogens with one attached hydrogen (secondary N) is 1. The van der Waals surface area contributed by atoms with E-state index < -0.39 is 10.0 Å². The molecule has 7 heteroatoms. The van der Waals surface area contributed by atoms with Gasteiger partial charge in [-0.1, -0.05) is 31.0 Å². The van der Waals surface area contributed by atoms with Gasteiger partial charge in [0.15, 0.2) is 0 Å². The first-order valence-corrected chi connectivity index (χ1v) is 8.86. The molecule has 3 N–H and O–H groups in total. The Hall–Kier alpha value is -1.44. The van der Waals surface area contributed by atoms with Crippen molar-refractivity contribution in [2.75, 3.05) is 20.1 Å². The molecule has 1 aliphatic carbocycles. The van der Waals surface area contributed by atoms with Gasteiger partial charge in [0.25, 0.3) is 0 Å². The molecule has 0 heterocycles. The predicted octanol–water partition coefficient (Wildman–Crippen LogP) is 0.695. The van der Waals surface area contributed by atoms with E-state index in [2.05, 4.69) is 5.32 Å². The van der Waals surface area contributed by atoms with Crippen molar-refractivity contribution in [1.29, 1.82) is 0 Å². The molecule has 1 aromatic rings. The van der Waals surface area contributed by atoms with Crippen LogP contribution in [-0.2, 0) is 14.8 Å². The quantitative estimate of drug-likeness (QED) is 0.805. The second-order valence-electron chi connectivity index (χ2n) is 5.81. The fraction of sp³-hybridized carbons (Fsp3) is 0.533. The van der Waals surface area contributed by atoms with Gasteiger partial charge in [-0.25, -0.2) is 8.42 Å². The van der Waals surface area contributed by atoms with Crippen molar-refractivity contribution in [3.8, 4) is 0 Å². The van der Waals surface area contributed by atoms with Crippen LogP contribution in [0.15, 0.2) is 35.2 Å². The van der Waals surface area contributed by atoms with Crippen LogP contribution in [-0.4, -0.2) is 44.3 Å². The third kappa shape index (κ3) is 3.66. The normalized spacial score (nSPS) is 17.6. The van der Waals surface area contributed by atoms with Crippen molar-refractivity contribution in [2.45, 2.75) is 36.1 Å². The molecular formula is C15H23N3O3S. The standard InChI is InChI=1S/C15H23N3O3S/c1-18(22(20,21)13-7-3-2-4-8-13)11-14(19)17-15(12-16)9-5-6-10-15/h2-4,7-8H,5-6,9-12,16H2,1H3,(H,17,19). The van der Waals surface area contributed by atoms with Crippen molar-refractivity contribution < 1.29 is 13.2 Å². The van der Waals surface area contributed by atoms with Gasteiger partial charge in [-0.2, -0.15) is 4.31 Å². The van der Waals surface area contributed by atoms with Crippen LogP contribution in [0.3, 0.4) is 0 Å². The zero-order valence-corrected chi connectivity index (χ0v) is 13.6. The summed E-state index contributed by atoms with van der Waals surface area (Å²) in [6.07, 6.45) is 3.78. The largest absolute Gasteiger partial charge is 0.348 e. The molecule has 6 nitrogen and oxygen atoms in total. The molecule has 0 saturated heterocycles. The van der Waals surface area contributed by atoms with Crippen molar-refractivity contribution in [3.05, 3.63) is 30.3 Å². The summed E-state index contributed by atoms with van der Waals surface area (Å²) in [5.74, 6) is -0.311. The number of sulfonamides is 1. The second kappa shape index (κ2) is 6.76. The predicted molar refractivity (Wildman–Crippen MR) is 84.7 cm³/mol. The monoisotopic (exact) mass is 325 g/mol. The van der Waals surface area contributed by atoms with Crippen molar-refractivity contribution in [3.63, 3.8) is 0 Å². The van der Waals surface area contributed by atoms with E-state index in [1.165, 1.54) is 19.2 Å². The van der Waals surface area contributed by atoms with Gasteiger partial charge < -0.3 is 11.1 Å². The second-order valence-corrected chi connectivity index (χ2v) is 7.86. The van der Waals surface area contributed by atoms with E-state index in [1.807, 2.05) is 0 Å². The zero-order valence-electron chi connectivity index (χ0n) is 12.8. The van der Waals surface area contributed by atoms with E-state index in [4.69, 9.17) is 5.73 Å². The van der Waals surface area contributed by atoms with E-state index in [-0.39, 0.29) is 22.9 Å². The van der Waals surface area contributed by atoms with Crippen LogP contribution < -0.4 is 11.1 Å². The van der Waals surface area contributed by atoms with Gasteiger partial charge in [0.2, 0.25) is 15.9 Å². The van der Waals surface area contributed by atoms with Gasteiger partial charge in [0.05, 0.1) is 17.0 Å².